The Morgan fingerprint density at radius 1 is 1.46 bits per heavy atom. The number of hydrogen-bond acceptors (Lipinski definition) is 4. The first-order valence-electron chi connectivity index (χ1n) is 3.93. The summed E-state index contributed by atoms with van der Waals surface area (Å²) in [5.74, 6) is 0.217. The molecule has 1 aromatic heterocycles. The van der Waals surface area contributed by atoms with Gasteiger partial charge in [-0.05, 0) is 18.4 Å². The van der Waals surface area contributed by atoms with Gasteiger partial charge in [0.2, 0.25) is 0 Å². The summed E-state index contributed by atoms with van der Waals surface area (Å²) in [6.07, 6.45) is 2.09. The fourth-order valence-electron chi connectivity index (χ4n) is 1.54. The Bertz CT molecular complexity index is 442. The second-order valence-corrected chi connectivity index (χ2v) is 5.97. The molecule has 1 aliphatic rings. The molecule has 13 heavy (non-hydrogen) atoms. The maximum absolute atomic E-state index is 11.5. The molecule has 0 N–H and O–H groups in total. The van der Waals surface area contributed by atoms with Crippen molar-refractivity contribution in [1.82, 2.24) is 0 Å². The minimum atomic E-state index is -3.08. The summed E-state index contributed by atoms with van der Waals surface area (Å²) in [5, 5.41) is 1.58. The minimum absolute atomic E-state index is 0.217. The lowest BCUT2D eigenvalue weighted by atomic mass is 10.1. The van der Waals surface area contributed by atoms with Crippen LogP contribution in [-0.2, 0) is 16.3 Å². The van der Waals surface area contributed by atoms with Crippen LogP contribution in [0.2, 0.25) is 0 Å². The third-order valence-corrected chi connectivity index (χ3v) is 5.13. The van der Waals surface area contributed by atoms with Crippen molar-refractivity contribution < 1.29 is 13.2 Å². The molecule has 5 heteroatoms. The van der Waals surface area contributed by atoms with E-state index in [1.165, 1.54) is 11.3 Å². The van der Waals surface area contributed by atoms with Crippen LogP contribution >= 0.6 is 11.3 Å². The van der Waals surface area contributed by atoms with E-state index in [0.717, 1.165) is 11.8 Å². The van der Waals surface area contributed by atoms with Gasteiger partial charge in [-0.15, -0.1) is 11.3 Å². The minimum Gasteiger partial charge on any atom is -0.297 e. The van der Waals surface area contributed by atoms with Crippen LogP contribution in [0.25, 0.3) is 0 Å². The van der Waals surface area contributed by atoms with Crippen LogP contribution in [0.3, 0.4) is 0 Å². The Kier molecular flexibility index (Phi) is 2.00. The van der Waals surface area contributed by atoms with Crippen molar-refractivity contribution in [2.75, 3.05) is 5.75 Å². The number of carbonyl (C=O) groups excluding carboxylic acids is 1. The highest BCUT2D eigenvalue weighted by atomic mass is 32.2. The van der Waals surface area contributed by atoms with Crippen molar-refractivity contribution in [2.24, 2.45) is 0 Å². The Morgan fingerprint density at radius 3 is 2.92 bits per heavy atom. The van der Waals surface area contributed by atoms with E-state index >= 15 is 0 Å². The number of thiophene rings is 1. The summed E-state index contributed by atoms with van der Waals surface area (Å²) in [5.41, 5.74) is 0.728. The molecular weight excluding hydrogens is 208 g/mol. The summed E-state index contributed by atoms with van der Waals surface area (Å²) in [6, 6.07) is 0. The summed E-state index contributed by atoms with van der Waals surface area (Å²) < 4.78 is 23.0. The first-order chi connectivity index (χ1) is 6.15. The van der Waals surface area contributed by atoms with E-state index in [0.29, 0.717) is 22.6 Å². The van der Waals surface area contributed by atoms with Gasteiger partial charge >= 0.3 is 0 Å². The van der Waals surface area contributed by atoms with Crippen LogP contribution < -0.4 is 0 Å². The van der Waals surface area contributed by atoms with Crippen molar-refractivity contribution >= 4 is 27.5 Å². The number of hydrogen-bond donors (Lipinski definition) is 0. The topological polar surface area (TPSA) is 51.2 Å². The lowest BCUT2D eigenvalue weighted by Gasteiger charge is -2.11. The first kappa shape index (κ1) is 8.90. The van der Waals surface area contributed by atoms with Crippen LogP contribution in [0.15, 0.2) is 10.3 Å². The molecule has 0 radical (unpaired) electrons. The highest BCUT2D eigenvalue weighted by Crippen LogP contribution is 2.31. The molecule has 0 bridgehead atoms. The molecule has 0 aromatic carbocycles. The van der Waals surface area contributed by atoms with Gasteiger partial charge in [0, 0.05) is 5.38 Å². The molecule has 0 fully saturated rings. The molecule has 1 aromatic rings. The molecular formula is C8H8O3S2. The van der Waals surface area contributed by atoms with E-state index in [9.17, 15) is 13.2 Å². The third-order valence-electron chi connectivity index (χ3n) is 2.17. The molecule has 0 aliphatic carbocycles. The van der Waals surface area contributed by atoms with Gasteiger partial charge in [-0.25, -0.2) is 8.42 Å². The normalized spacial score (nSPS) is 19.4. The smallest absolute Gasteiger partial charge is 0.179 e. The molecule has 0 saturated carbocycles. The predicted molar refractivity (Wildman–Crippen MR) is 50.1 cm³/mol. The molecule has 2 rings (SSSR count). The second kappa shape index (κ2) is 2.92. The maximum atomic E-state index is 11.5. The van der Waals surface area contributed by atoms with Crippen molar-refractivity contribution in [2.45, 2.75) is 17.7 Å². The van der Waals surface area contributed by atoms with E-state index in [1.54, 1.807) is 5.38 Å². The molecule has 0 spiro atoms. The lowest BCUT2D eigenvalue weighted by Crippen LogP contribution is -2.14. The Labute approximate surface area is 80.3 Å². The number of aldehydes is 1. The van der Waals surface area contributed by atoms with Gasteiger partial charge in [0.05, 0.1) is 15.5 Å². The van der Waals surface area contributed by atoms with Crippen molar-refractivity contribution in [3.8, 4) is 0 Å². The monoisotopic (exact) mass is 216 g/mol. The van der Waals surface area contributed by atoms with E-state index in [2.05, 4.69) is 0 Å². The molecule has 0 unspecified atom stereocenters. The first-order valence-corrected chi connectivity index (χ1v) is 6.46. The lowest BCUT2D eigenvalue weighted by molar-refractivity contribution is 0.112. The van der Waals surface area contributed by atoms with Gasteiger partial charge in [0.1, 0.15) is 0 Å². The van der Waals surface area contributed by atoms with Gasteiger partial charge in [-0.2, -0.15) is 0 Å². The van der Waals surface area contributed by atoms with E-state index < -0.39 is 9.84 Å². The van der Waals surface area contributed by atoms with E-state index in [-0.39, 0.29) is 5.75 Å². The van der Waals surface area contributed by atoms with E-state index in [1.807, 2.05) is 0 Å². The van der Waals surface area contributed by atoms with Gasteiger partial charge in [0.25, 0.3) is 0 Å². The van der Waals surface area contributed by atoms with Crippen LogP contribution in [-0.4, -0.2) is 20.5 Å². The van der Waals surface area contributed by atoms with Crippen LogP contribution in [0, 0.1) is 0 Å². The van der Waals surface area contributed by atoms with Crippen LogP contribution in [0.1, 0.15) is 21.7 Å². The van der Waals surface area contributed by atoms with Crippen molar-refractivity contribution in [1.29, 1.82) is 0 Å². The van der Waals surface area contributed by atoms with E-state index in [4.69, 9.17) is 0 Å². The maximum Gasteiger partial charge on any atom is 0.179 e. The average Bonchev–Trinajstić information content (AvgIpc) is 2.48. The molecule has 2 heterocycles. The van der Waals surface area contributed by atoms with Gasteiger partial charge in [0.15, 0.2) is 16.1 Å². The second-order valence-electron chi connectivity index (χ2n) is 2.98. The largest absolute Gasteiger partial charge is 0.297 e. The van der Waals surface area contributed by atoms with Crippen molar-refractivity contribution in [3.63, 3.8) is 0 Å². The zero-order valence-corrected chi connectivity index (χ0v) is 8.45. The molecule has 1 aliphatic heterocycles. The summed E-state index contributed by atoms with van der Waals surface area (Å²) in [7, 11) is -3.08. The summed E-state index contributed by atoms with van der Waals surface area (Å²) in [4.78, 5) is 11.5. The highest BCUT2D eigenvalue weighted by molar-refractivity contribution is 7.91. The fourth-order valence-corrected chi connectivity index (χ4v) is 4.45. The Hall–Kier alpha value is -0.680. The van der Waals surface area contributed by atoms with Crippen molar-refractivity contribution in [3.05, 3.63) is 15.8 Å². The SMILES string of the molecule is O=Cc1scc2c1CCCS2(=O)=O. The Balaban J connectivity index is 2.67. The number of carbonyl (C=O) groups is 1. The van der Waals surface area contributed by atoms with Gasteiger partial charge < -0.3 is 0 Å². The molecule has 3 nitrogen and oxygen atoms in total. The zero-order valence-electron chi connectivity index (χ0n) is 6.82. The Morgan fingerprint density at radius 2 is 2.23 bits per heavy atom. The molecule has 0 atom stereocenters. The fraction of sp³-hybridized carbons (Fsp3) is 0.375. The standard InChI is InChI=1S/C8H8O3S2/c9-4-7-6-2-1-3-13(10,11)8(6)5-12-7/h4-5H,1-3H2. The summed E-state index contributed by atoms with van der Waals surface area (Å²) in [6.45, 7) is 0. The quantitative estimate of drug-likeness (QED) is 0.664. The third kappa shape index (κ3) is 1.32. The molecule has 0 amide bonds. The summed E-state index contributed by atoms with van der Waals surface area (Å²) >= 11 is 1.22. The average molecular weight is 216 g/mol. The predicted octanol–water partition coefficient (Wildman–Crippen LogP) is 1.28. The van der Waals surface area contributed by atoms with Gasteiger partial charge in [-0.1, -0.05) is 0 Å². The van der Waals surface area contributed by atoms with Crippen LogP contribution in [0.4, 0.5) is 0 Å². The number of fused-ring (bicyclic) bond motifs is 1. The van der Waals surface area contributed by atoms with Crippen LogP contribution in [0.5, 0.6) is 0 Å². The number of sulfone groups is 1. The molecule has 70 valence electrons. The number of rotatable bonds is 1. The van der Waals surface area contributed by atoms with Gasteiger partial charge in [-0.3, -0.25) is 4.79 Å². The zero-order chi connectivity index (χ0) is 9.47. The highest BCUT2D eigenvalue weighted by Gasteiger charge is 2.26. The molecule has 0 saturated heterocycles.